The van der Waals surface area contributed by atoms with Gasteiger partial charge in [-0.3, -0.25) is 14.9 Å². The molecule has 2 aromatic rings. The van der Waals surface area contributed by atoms with Gasteiger partial charge in [-0.15, -0.1) is 0 Å². The van der Waals surface area contributed by atoms with Gasteiger partial charge in [-0.1, -0.05) is 6.07 Å². The Morgan fingerprint density at radius 3 is 2.37 bits per heavy atom. The standard InChI is InChI=1S/C19H20N2O6/c1-12-14(6-5-7-15(12)21(23)24)20-17(22)11-9-13-8-10-16(25-2)19(27-4)18(13)26-3/h5-11H,1-4H3,(H,20,22). The van der Waals surface area contributed by atoms with E-state index >= 15 is 0 Å². The van der Waals surface area contributed by atoms with Crippen molar-refractivity contribution in [3.63, 3.8) is 0 Å². The highest BCUT2D eigenvalue weighted by molar-refractivity contribution is 6.02. The van der Waals surface area contributed by atoms with Crippen LogP contribution in [0, 0.1) is 17.0 Å². The number of hydrogen-bond acceptors (Lipinski definition) is 6. The summed E-state index contributed by atoms with van der Waals surface area (Å²) in [6.07, 6.45) is 2.87. The number of carbonyl (C=O) groups is 1. The number of carbonyl (C=O) groups excluding carboxylic acids is 1. The van der Waals surface area contributed by atoms with Crippen molar-refractivity contribution in [2.24, 2.45) is 0 Å². The fraction of sp³-hybridized carbons (Fsp3) is 0.211. The molecule has 8 heteroatoms. The molecular weight excluding hydrogens is 352 g/mol. The summed E-state index contributed by atoms with van der Waals surface area (Å²) in [5.41, 5.74) is 1.31. The molecule has 0 saturated heterocycles. The van der Waals surface area contributed by atoms with E-state index in [4.69, 9.17) is 14.2 Å². The number of nitro benzene ring substituents is 1. The molecule has 27 heavy (non-hydrogen) atoms. The average Bonchev–Trinajstić information content (AvgIpc) is 2.66. The Morgan fingerprint density at radius 1 is 1.07 bits per heavy atom. The molecule has 0 atom stereocenters. The van der Waals surface area contributed by atoms with E-state index in [1.54, 1.807) is 31.2 Å². The molecule has 1 N–H and O–H groups in total. The number of hydrogen-bond donors (Lipinski definition) is 1. The molecule has 0 unspecified atom stereocenters. The number of ether oxygens (including phenoxy) is 3. The van der Waals surface area contributed by atoms with Gasteiger partial charge in [0.15, 0.2) is 11.5 Å². The molecule has 0 radical (unpaired) electrons. The van der Waals surface area contributed by atoms with E-state index in [1.165, 1.54) is 39.5 Å². The molecule has 0 heterocycles. The molecule has 0 spiro atoms. The van der Waals surface area contributed by atoms with Crippen LogP contribution in [0.15, 0.2) is 36.4 Å². The summed E-state index contributed by atoms with van der Waals surface area (Å²) in [6, 6.07) is 7.93. The third-order valence-corrected chi connectivity index (χ3v) is 3.91. The first kappa shape index (κ1) is 19.8. The van der Waals surface area contributed by atoms with E-state index in [1.807, 2.05) is 0 Å². The summed E-state index contributed by atoms with van der Waals surface area (Å²) in [5, 5.41) is 13.6. The van der Waals surface area contributed by atoms with Crippen molar-refractivity contribution >= 4 is 23.4 Å². The summed E-state index contributed by atoms with van der Waals surface area (Å²) in [4.78, 5) is 22.7. The summed E-state index contributed by atoms with van der Waals surface area (Å²) in [6.45, 7) is 1.58. The summed E-state index contributed by atoms with van der Waals surface area (Å²) in [5.74, 6) is 0.906. The molecule has 0 aromatic heterocycles. The van der Waals surface area contributed by atoms with Gasteiger partial charge in [0, 0.05) is 17.7 Å². The van der Waals surface area contributed by atoms with Crippen LogP contribution in [0.1, 0.15) is 11.1 Å². The van der Waals surface area contributed by atoms with Crippen molar-refractivity contribution in [1.29, 1.82) is 0 Å². The Bertz CT molecular complexity index is 892. The smallest absolute Gasteiger partial charge is 0.274 e. The Balaban J connectivity index is 2.25. The molecule has 0 aliphatic heterocycles. The SMILES string of the molecule is COc1ccc(C=CC(=O)Nc2cccc([N+](=O)[O-])c2C)c(OC)c1OC. The molecule has 2 aromatic carbocycles. The number of nitrogens with one attached hydrogen (secondary N) is 1. The maximum absolute atomic E-state index is 12.2. The Kier molecular flexibility index (Phi) is 6.37. The monoisotopic (exact) mass is 372 g/mol. The highest BCUT2D eigenvalue weighted by Crippen LogP contribution is 2.40. The number of benzene rings is 2. The van der Waals surface area contributed by atoms with Gasteiger partial charge < -0.3 is 19.5 Å². The fourth-order valence-corrected chi connectivity index (χ4v) is 2.55. The van der Waals surface area contributed by atoms with E-state index in [0.29, 0.717) is 34.1 Å². The van der Waals surface area contributed by atoms with Gasteiger partial charge in [0.25, 0.3) is 5.69 Å². The Morgan fingerprint density at radius 2 is 1.78 bits per heavy atom. The second-order valence-corrected chi connectivity index (χ2v) is 5.45. The minimum absolute atomic E-state index is 0.0571. The predicted octanol–water partition coefficient (Wildman–Crippen LogP) is 3.58. The van der Waals surface area contributed by atoms with Gasteiger partial charge in [-0.05, 0) is 31.2 Å². The van der Waals surface area contributed by atoms with Gasteiger partial charge in [0.2, 0.25) is 11.7 Å². The summed E-state index contributed by atoms with van der Waals surface area (Å²) >= 11 is 0. The maximum Gasteiger partial charge on any atom is 0.274 e. The third kappa shape index (κ3) is 4.35. The summed E-state index contributed by atoms with van der Waals surface area (Å²) < 4.78 is 15.9. The van der Waals surface area contributed by atoms with Crippen molar-refractivity contribution in [1.82, 2.24) is 0 Å². The predicted molar refractivity (Wildman–Crippen MR) is 102 cm³/mol. The normalized spacial score (nSPS) is 10.5. The van der Waals surface area contributed by atoms with Crippen LogP contribution >= 0.6 is 0 Å². The van der Waals surface area contributed by atoms with Crippen LogP contribution in [0.5, 0.6) is 17.2 Å². The van der Waals surface area contributed by atoms with E-state index in [9.17, 15) is 14.9 Å². The topological polar surface area (TPSA) is 99.9 Å². The molecule has 0 bridgehead atoms. The fourth-order valence-electron chi connectivity index (χ4n) is 2.55. The second kappa shape index (κ2) is 8.70. The zero-order valence-corrected chi connectivity index (χ0v) is 15.4. The highest BCUT2D eigenvalue weighted by atomic mass is 16.6. The van der Waals surface area contributed by atoms with Gasteiger partial charge in [0.1, 0.15) is 0 Å². The number of nitro groups is 1. The molecule has 2 rings (SSSR count). The quantitative estimate of drug-likeness (QED) is 0.453. The molecule has 0 fully saturated rings. The van der Waals surface area contributed by atoms with Gasteiger partial charge in [-0.25, -0.2) is 0 Å². The maximum atomic E-state index is 12.2. The van der Waals surface area contributed by atoms with Crippen molar-refractivity contribution in [2.45, 2.75) is 6.92 Å². The van der Waals surface area contributed by atoms with E-state index in [-0.39, 0.29) is 5.69 Å². The van der Waals surface area contributed by atoms with Crippen LogP contribution in [0.25, 0.3) is 6.08 Å². The summed E-state index contributed by atoms with van der Waals surface area (Å²) in [7, 11) is 4.49. The van der Waals surface area contributed by atoms with Crippen molar-refractivity contribution in [2.75, 3.05) is 26.6 Å². The molecule has 0 aliphatic carbocycles. The van der Waals surface area contributed by atoms with Crippen LogP contribution in [0.4, 0.5) is 11.4 Å². The molecular formula is C19H20N2O6. The lowest BCUT2D eigenvalue weighted by Gasteiger charge is -2.14. The van der Waals surface area contributed by atoms with Crippen molar-refractivity contribution in [3.8, 4) is 17.2 Å². The second-order valence-electron chi connectivity index (χ2n) is 5.45. The number of amides is 1. The van der Waals surface area contributed by atoms with E-state index < -0.39 is 10.8 Å². The average molecular weight is 372 g/mol. The van der Waals surface area contributed by atoms with Crippen LogP contribution in [0.2, 0.25) is 0 Å². The van der Waals surface area contributed by atoms with Gasteiger partial charge in [-0.2, -0.15) is 0 Å². The van der Waals surface area contributed by atoms with Crippen LogP contribution in [-0.4, -0.2) is 32.2 Å². The van der Waals surface area contributed by atoms with Gasteiger partial charge >= 0.3 is 0 Å². The number of methoxy groups -OCH3 is 3. The van der Waals surface area contributed by atoms with E-state index in [2.05, 4.69) is 5.32 Å². The minimum atomic E-state index is -0.491. The first-order chi connectivity index (χ1) is 12.9. The van der Waals surface area contributed by atoms with Crippen LogP contribution in [0.3, 0.4) is 0 Å². The lowest BCUT2D eigenvalue weighted by molar-refractivity contribution is -0.385. The number of nitrogens with zero attached hydrogens (tertiary/aromatic N) is 1. The molecule has 0 saturated carbocycles. The minimum Gasteiger partial charge on any atom is -0.493 e. The van der Waals surface area contributed by atoms with Crippen LogP contribution in [-0.2, 0) is 4.79 Å². The zero-order valence-electron chi connectivity index (χ0n) is 15.4. The molecule has 142 valence electrons. The first-order valence-electron chi connectivity index (χ1n) is 7.95. The number of anilines is 1. The molecule has 8 nitrogen and oxygen atoms in total. The Labute approximate surface area is 156 Å². The third-order valence-electron chi connectivity index (χ3n) is 3.91. The molecule has 1 amide bonds. The Hall–Kier alpha value is -3.55. The highest BCUT2D eigenvalue weighted by Gasteiger charge is 2.16. The van der Waals surface area contributed by atoms with Crippen LogP contribution < -0.4 is 19.5 Å². The lowest BCUT2D eigenvalue weighted by atomic mass is 10.1. The first-order valence-corrected chi connectivity index (χ1v) is 7.95. The van der Waals surface area contributed by atoms with Gasteiger partial charge in [0.05, 0.1) is 37.5 Å². The zero-order chi connectivity index (χ0) is 20.0. The molecule has 0 aliphatic rings. The number of rotatable bonds is 7. The largest absolute Gasteiger partial charge is 0.493 e. The van der Waals surface area contributed by atoms with E-state index in [0.717, 1.165) is 0 Å². The van der Waals surface area contributed by atoms with Crippen molar-refractivity contribution < 1.29 is 23.9 Å². The van der Waals surface area contributed by atoms with Crippen molar-refractivity contribution in [3.05, 3.63) is 57.6 Å². The lowest BCUT2D eigenvalue weighted by Crippen LogP contribution is -2.09.